The molecule has 2 aromatic heterocycles. The summed E-state index contributed by atoms with van der Waals surface area (Å²) in [6.07, 6.45) is 0. The Kier molecular flexibility index (Phi) is 8.87. The van der Waals surface area contributed by atoms with Crippen LogP contribution in [0.25, 0.3) is 130 Å². The van der Waals surface area contributed by atoms with Crippen molar-refractivity contribution < 1.29 is 0 Å². The van der Waals surface area contributed by atoms with Crippen molar-refractivity contribution in [2.24, 2.45) is 0 Å². The van der Waals surface area contributed by atoms with Gasteiger partial charge in [-0.1, -0.05) is 60.7 Å². The summed E-state index contributed by atoms with van der Waals surface area (Å²) >= 11 is 0.161. The Morgan fingerprint density at radius 2 is 0.569 bits per heavy atom. The molecule has 3 nitrogen and oxygen atoms in total. The summed E-state index contributed by atoms with van der Waals surface area (Å²) in [4.78, 5) is 15.5. The maximum absolute atomic E-state index is 5.23. The van der Waals surface area contributed by atoms with Gasteiger partial charge in [-0.2, -0.15) is 0 Å². The molecule has 0 radical (unpaired) electrons. The molecule has 0 aliphatic heterocycles. The predicted molar refractivity (Wildman–Crippen MR) is 274 cm³/mol. The van der Waals surface area contributed by atoms with Crippen LogP contribution < -0.4 is 0 Å². The number of hydrogen-bond acceptors (Lipinski definition) is 3. The van der Waals surface area contributed by atoms with Crippen molar-refractivity contribution in [2.75, 3.05) is 0 Å². The molecule has 0 spiro atoms. The van der Waals surface area contributed by atoms with E-state index in [4.69, 9.17) is 15.0 Å². The van der Waals surface area contributed by atoms with Gasteiger partial charge in [0.1, 0.15) is 0 Å². The average Bonchev–Trinajstić information content (AvgIpc) is 3.75. The van der Waals surface area contributed by atoms with Crippen molar-refractivity contribution in [2.45, 2.75) is 0 Å². The van der Waals surface area contributed by atoms with Gasteiger partial charge in [0.25, 0.3) is 0 Å². The van der Waals surface area contributed by atoms with Crippen LogP contribution in [-0.2, 0) is 0 Å². The minimum Gasteiger partial charge on any atom is -0.0615 e. The minimum absolute atomic E-state index is 0.161. The Morgan fingerprint density at radius 1 is 0.215 bits per heavy atom. The molecule has 0 aliphatic rings. The molecule has 13 rings (SSSR count). The number of nitrogens with zero attached hydrogens (tertiary/aromatic N) is 3. The molecule has 13 aromatic rings. The van der Waals surface area contributed by atoms with Crippen molar-refractivity contribution in [1.82, 2.24) is 15.0 Å². The Labute approximate surface area is 381 Å². The van der Waals surface area contributed by atoms with E-state index >= 15 is 0 Å². The normalized spacial score (nSPS) is 11.7. The summed E-state index contributed by atoms with van der Waals surface area (Å²) in [6.45, 7) is 0. The summed E-state index contributed by atoms with van der Waals surface area (Å²) < 4.78 is 2.84. The first kappa shape index (κ1) is 37.5. The van der Waals surface area contributed by atoms with Gasteiger partial charge >= 0.3 is 323 Å². The molecule has 302 valence electrons. The third kappa shape index (κ3) is 6.22. The summed E-state index contributed by atoms with van der Waals surface area (Å²) in [5, 5.41) is 12.3. The third-order valence-corrected chi connectivity index (χ3v) is 15.3. The zero-order valence-corrected chi connectivity index (χ0v) is 36.8. The van der Waals surface area contributed by atoms with Gasteiger partial charge in [0.05, 0.1) is 0 Å². The molecule has 2 heterocycles. The van der Waals surface area contributed by atoms with Crippen molar-refractivity contribution in [3.63, 3.8) is 0 Å². The van der Waals surface area contributed by atoms with E-state index in [-0.39, 0.29) is 14.5 Å². The Balaban J connectivity index is 0.996. The zero-order valence-electron chi connectivity index (χ0n) is 35.1. The van der Waals surface area contributed by atoms with Crippen molar-refractivity contribution >= 4 is 76.9 Å². The maximum Gasteiger partial charge on any atom is -0.0512 e. The topological polar surface area (TPSA) is 38.7 Å². The summed E-state index contributed by atoms with van der Waals surface area (Å²) in [7, 11) is 0. The second-order valence-corrected chi connectivity index (χ2v) is 18.9. The van der Waals surface area contributed by atoms with Crippen LogP contribution in [0, 0.1) is 0 Å². The molecule has 0 aliphatic carbocycles. The van der Waals surface area contributed by atoms with E-state index in [1.165, 1.54) is 85.0 Å². The second kappa shape index (κ2) is 15.4. The van der Waals surface area contributed by atoms with Gasteiger partial charge in [0, 0.05) is 0 Å². The van der Waals surface area contributed by atoms with Crippen molar-refractivity contribution in [1.29, 1.82) is 0 Å². The summed E-state index contributed by atoms with van der Waals surface area (Å²) in [5.74, 6) is 1.97. The van der Waals surface area contributed by atoms with Crippen LogP contribution in [0.2, 0.25) is 0 Å². The van der Waals surface area contributed by atoms with Gasteiger partial charge in [0.15, 0.2) is 0 Å². The van der Waals surface area contributed by atoms with Gasteiger partial charge in [-0.3, -0.25) is 0 Å². The van der Waals surface area contributed by atoms with E-state index in [1.807, 2.05) is 36.4 Å². The third-order valence-electron chi connectivity index (χ3n) is 12.9. The molecule has 0 amide bonds. The maximum atomic E-state index is 5.23. The molecule has 65 heavy (non-hydrogen) atoms. The van der Waals surface area contributed by atoms with E-state index in [1.54, 1.807) is 0 Å². The van der Waals surface area contributed by atoms with Gasteiger partial charge < -0.3 is 0 Å². The second-order valence-electron chi connectivity index (χ2n) is 16.6. The van der Waals surface area contributed by atoms with Crippen LogP contribution in [0.4, 0.5) is 0 Å². The first-order chi connectivity index (χ1) is 32.2. The standard InChI is InChI=1S/C61H37N3Se/c1-4-18-38(19-5-1)55-44-24-10-12-26-46(44)57(47-27-13-11-25-45(47)55)42-32-34-43-52-36-41(33-35-53(52)65-54(43)37-42)56-48-28-14-16-30-50(48)58(51-31-17-15-29-49(51)56)61-63-59(39-20-6-2-7-21-39)62-60(64-61)40-22-8-3-9-23-40/h1-37H. The minimum atomic E-state index is 0.161. The van der Waals surface area contributed by atoms with E-state index in [0.29, 0.717) is 17.5 Å². The number of aromatic nitrogens is 3. The molecule has 0 saturated carbocycles. The Hall–Kier alpha value is -8.01. The van der Waals surface area contributed by atoms with Crippen molar-refractivity contribution in [3.8, 4) is 67.5 Å². The quantitative estimate of drug-likeness (QED) is 0.123. The van der Waals surface area contributed by atoms with Crippen LogP contribution in [0.5, 0.6) is 0 Å². The molecule has 0 bridgehead atoms. The van der Waals surface area contributed by atoms with Gasteiger partial charge in [-0.15, -0.1) is 0 Å². The van der Waals surface area contributed by atoms with Crippen LogP contribution in [0.15, 0.2) is 224 Å². The Bertz CT molecular complexity index is 3820. The van der Waals surface area contributed by atoms with Gasteiger partial charge in [-0.05, 0) is 0 Å². The van der Waals surface area contributed by atoms with Crippen LogP contribution >= 0.6 is 0 Å². The monoisotopic (exact) mass is 891 g/mol. The smallest absolute Gasteiger partial charge is 0.0512 e. The van der Waals surface area contributed by atoms with E-state index < -0.39 is 0 Å². The molecule has 0 unspecified atom stereocenters. The molecule has 0 saturated heterocycles. The fourth-order valence-corrected chi connectivity index (χ4v) is 12.4. The van der Waals surface area contributed by atoms with Gasteiger partial charge in [0.2, 0.25) is 0 Å². The molecular weight excluding hydrogens is 854 g/mol. The van der Waals surface area contributed by atoms with E-state index in [9.17, 15) is 0 Å². The SMILES string of the molecule is c1ccc(-c2nc(-c3ccccc3)nc(-c3c4ccccc4c(-c4ccc5[se]c6cc(-c7c8ccccc8c(-c8ccccc8)c8ccccc78)ccc6c5c4)c4ccccc34)n2)cc1. The fourth-order valence-electron chi connectivity index (χ4n) is 10.0. The fraction of sp³-hybridized carbons (Fsp3) is 0. The van der Waals surface area contributed by atoms with Crippen molar-refractivity contribution in [3.05, 3.63) is 224 Å². The molecule has 0 fully saturated rings. The van der Waals surface area contributed by atoms with Crippen LogP contribution in [0.3, 0.4) is 0 Å². The first-order valence-electron chi connectivity index (χ1n) is 22.0. The van der Waals surface area contributed by atoms with Crippen LogP contribution in [-0.4, -0.2) is 29.5 Å². The number of fused-ring (bicyclic) bond motifs is 7. The molecule has 0 N–H and O–H groups in total. The van der Waals surface area contributed by atoms with E-state index in [0.717, 1.165) is 27.5 Å². The molecule has 0 atom stereocenters. The largest absolute Gasteiger partial charge is 0.0615 e. The molecule has 4 heteroatoms. The zero-order chi connectivity index (χ0) is 42.8. The molecular formula is C61H37N3Se. The number of benzene rings is 11. The van der Waals surface area contributed by atoms with Crippen LogP contribution in [0.1, 0.15) is 0 Å². The number of hydrogen-bond donors (Lipinski definition) is 0. The molecule has 11 aromatic carbocycles. The summed E-state index contributed by atoms with van der Waals surface area (Å²) in [6, 6.07) is 81.0. The first-order valence-corrected chi connectivity index (χ1v) is 23.7. The Morgan fingerprint density at radius 3 is 1.03 bits per heavy atom. The summed E-state index contributed by atoms with van der Waals surface area (Å²) in [5.41, 5.74) is 10.4. The van der Waals surface area contributed by atoms with Gasteiger partial charge in [-0.25, -0.2) is 0 Å². The number of rotatable bonds is 6. The predicted octanol–water partition coefficient (Wildman–Crippen LogP) is 15.8. The van der Waals surface area contributed by atoms with E-state index in [2.05, 4.69) is 188 Å². The average molecular weight is 891 g/mol.